The van der Waals surface area contributed by atoms with E-state index in [1.807, 2.05) is 6.07 Å². The Labute approximate surface area is 146 Å². The lowest BCUT2D eigenvalue weighted by atomic mass is 10.0. The molecule has 0 spiro atoms. The number of fused-ring (bicyclic) bond motifs is 1. The Hall–Kier alpha value is -2.41. The van der Waals surface area contributed by atoms with Crippen LogP contribution in [0.3, 0.4) is 0 Å². The lowest BCUT2D eigenvalue weighted by Gasteiger charge is -2.26. The van der Waals surface area contributed by atoms with Crippen LogP contribution in [0.15, 0.2) is 46.2 Å². The lowest BCUT2D eigenvalue weighted by Crippen LogP contribution is -2.44. The van der Waals surface area contributed by atoms with Crippen LogP contribution in [0.1, 0.15) is 31.2 Å². The number of rotatable bonds is 3. The number of aromatic nitrogens is 1. The van der Waals surface area contributed by atoms with Gasteiger partial charge in [-0.2, -0.15) is 0 Å². The zero-order valence-corrected chi connectivity index (χ0v) is 14.8. The van der Waals surface area contributed by atoms with Crippen molar-refractivity contribution in [3.05, 3.63) is 52.4 Å². The number of anilines is 1. The van der Waals surface area contributed by atoms with Crippen LogP contribution in [0.5, 0.6) is 0 Å². The van der Waals surface area contributed by atoms with E-state index in [9.17, 15) is 13.2 Å². The minimum absolute atomic E-state index is 0.109. The molecule has 1 aromatic carbocycles. The molecule has 1 aliphatic heterocycles. The summed E-state index contributed by atoms with van der Waals surface area (Å²) < 4.78 is 25.4. The van der Waals surface area contributed by atoms with Crippen molar-refractivity contribution in [2.24, 2.45) is 0 Å². The third-order valence-electron chi connectivity index (χ3n) is 4.91. The third-order valence-corrected chi connectivity index (χ3v) is 6.04. The number of nitrogens with zero attached hydrogens (tertiary/aromatic N) is 1. The number of H-pyrrole nitrogens is 1. The summed E-state index contributed by atoms with van der Waals surface area (Å²) in [5.41, 5.74) is 2.29. The fraction of sp³-hybridized carbons (Fsp3) is 0.333. The molecule has 2 aromatic rings. The van der Waals surface area contributed by atoms with Gasteiger partial charge in [0.2, 0.25) is 0 Å². The van der Waals surface area contributed by atoms with Crippen molar-refractivity contribution in [3.8, 4) is 0 Å². The predicted octanol–water partition coefficient (Wildman–Crippen LogP) is 2.24. The normalized spacial score (nSPS) is 17.3. The zero-order chi connectivity index (χ0) is 17.6. The Morgan fingerprint density at radius 3 is 2.44 bits per heavy atom. The highest BCUT2D eigenvalue weighted by molar-refractivity contribution is 7.90. The van der Waals surface area contributed by atoms with E-state index in [2.05, 4.69) is 14.9 Å². The minimum atomic E-state index is -3.22. The van der Waals surface area contributed by atoms with E-state index in [1.54, 1.807) is 30.5 Å². The second-order valence-corrected chi connectivity index (χ2v) is 8.66. The van der Waals surface area contributed by atoms with Crippen molar-refractivity contribution in [1.82, 2.24) is 4.98 Å². The molecular formula is C18H20N3O3S+. The molecule has 0 radical (unpaired) electrons. The fourth-order valence-corrected chi connectivity index (χ4v) is 4.30. The number of benzene rings is 1. The first kappa shape index (κ1) is 16.1. The van der Waals surface area contributed by atoms with Crippen molar-refractivity contribution in [2.45, 2.75) is 36.6 Å². The van der Waals surface area contributed by atoms with Crippen LogP contribution in [0.2, 0.25) is 0 Å². The molecule has 0 saturated heterocycles. The standard InChI is InChI=1S/C18H19N3O3S/c1-25(23,24)14-8-6-12(7-9-14)20-17-16-15(10-11-19-18(16)22)21(17)13-4-2-3-5-13/h6-11,13H,2-5H2,1H3,(H,19,20,22)/p+1. The second kappa shape index (κ2) is 5.84. The van der Waals surface area contributed by atoms with Gasteiger partial charge in [0, 0.05) is 18.5 Å². The molecule has 2 N–H and O–H groups in total. The molecule has 0 atom stereocenters. The highest BCUT2D eigenvalue weighted by Crippen LogP contribution is 2.34. The topological polar surface area (TPSA) is 82.0 Å². The van der Waals surface area contributed by atoms with Gasteiger partial charge in [0.25, 0.3) is 11.4 Å². The third kappa shape index (κ3) is 2.78. The SMILES string of the molecule is CS(=O)(=O)c1ccc(NC2=[N+](C3CCCC3)c3cc[nH]c(=O)c32)cc1. The summed E-state index contributed by atoms with van der Waals surface area (Å²) in [6.07, 6.45) is 7.51. The van der Waals surface area contributed by atoms with E-state index in [0.29, 0.717) is 11.6 Å². The summed E-state index contributed by atoms with van der Waals surface area (Å²) >= 11 is 0. The number of hydrogen-bond donors (Lipinski definition) is 2. The molecule has 6 nitrogen and oxygen atoms in total. The van der Waals surface area contributed by atoms with Crippen LogP contribution in [-0.4, -0.2) is 36.1 Å². The van der Waals surface area contributed by atoms with Gasteiger partial charge in [0.15, 0.2) is 15.4 Å². The van der Waals surface area contributed by atoms with Crippen molar-refractivity contribution < 1.29 is 13.0 Å². The Balaban J connectivity index is 1.70. The number of sulfone groups is 1. The molecule has 2 aliphatic rings. The van der Waals surface area contributed by atoms with E-state index < -0.39 is 9.84 Å². The van der Waals surface area contributed by atoms with Crippen molar-refractivity contribution in [2.75, 3.05) is 11.6 Å². The van der Waals surface area contributed by atoms with Crippen molar-refractivity contribution >= 4 is 27.0 Å². The van der Waals surface area contributed by atoms with Gasteiger partial charge in [-0.05, 0) is 49.9 Å². The molecule has 25 heavy (non-hydrogen) atoms. The van der Waals surface area contributed by atoms with Gasteiger partial charge < -0.3 is 4.98 Å². The van der Waals surface area contributed by atoms with E-state index >= 15 is 0 Å². The largest absolute Gasteiger partial charge is 0.328 e. The number of hydrogen-bond acceptors (Lipinski definition) is 4. The van der Waals surface area contributed by atoms with E-state index in [1.165, 1.54) is 19.1 Å². The summed E-state index contributed by atoms with van der Waals surface area (Å²) in [5, 5.41) is 3.31. The maximum atomic E-state index is 12.2. The van der Waals surface area contributed by atoms with Crippen LogP contribution in [0.4, 0.5) is 11.4 Å². The molecular weight excluding hydrogens is 338 g/mol. The van der Waals surface area contributed by atoms with Gasteiger partial charge in [0.1, 0.15) is 17.4 Å². The average Bonchev–Trinajstić information content (AvgIpc) is 3.06. The first-order chi connectivity index (χ1) is 11.9. The molecule has 1 saturated carbocycles. The van der Waals surface area contributed by atoms with E-state index in [-0.39, 0.29) is 10.5 Å². The van der Waals surface area contributed by atoms with Crippen LogP contribution >= 0.6 is 0 Å². The minimum Gasteiger partial charge on any atom is -0.328 e. The molecule has 2 heterocycles. The number of aromatic amines is 1. The van der Waals surface area contributed by atoms with Crippen molar-refractivity contribution in [1.29, 1.82) is 0 Å². The van der Waals surface area contributed by atoms with Crippen LogP contribution in [-0.2, 0) is 9.84 Å². The molecule has 0 unspecified atom stereocenters. The molecule has 4 rings (SSSR count). The van der Waals surface area contributed by atoms with Crippen LogP contribution in [0, 0.1) is 0 Å². The van der Waals surface area contributed by atoms with Gasteiger partial charge in [0.05, 0.1) is 4.90 Å². The highest BCUT2D eigenvalue weighted by atomic mass is 32.2. The van der Waals surface area contributed by atoms with E-state index in [4.69, 9.17) is 0 Å². The average molecular weight is 358 g/mol. The fourth-order valence-electron chi connectivity index (χ4n) is 3.67. The maximum absolute atomic E-state index is 12.2. The molecule has 0 amide bonds. The summed E-state index contributed by atoms with van der Waals surface area (Å²) in [6.45, 7) is 0. The van der Waals surface area contributed by atoms with Gasteiger partial charge in [-0.25, -0.2) is 18.3 Å². The number of pyridine rings is 1. The first-order valence-electron chi connectivity index (χ1n) is 8.40. The Morgan fingerprint density at radius 2 is 1.80 bits per heavy atom. The first-order valence-corrected chi connectivity index (χ1v) is 10.3. The van der Waals surface area contributed by atoms with E-state index in [0.717, 1.165) is 30.1 Å². The Morgan fingerprint density at radius 1 is 1.12 bits per heavy atom. The highest BCUT2D eigenvalue weighted by Gasteiger charge is 2.41. The zero-order valence-electron chi connectivity index (χ0n) is 14.0. The lowest BCUT2D eigenvalue weighted by molar-refractivity contribution is -0.494. The van der Waals surface area contributed by atoms with Crippen LogP contribution < -0.4 is 10.9 Å². The molecule has 7 heteroatoms. The van der Waals surface area contributed by atoms with Gasteiger partial charge in [-0.15, -0.1) is 0 Å². The summed E-state index contributed by atoms with van der Waals surface area (Å²) in [5.74, 6) is 0.802. The smallest absolute Gasteiger partial charge is 0.297 e. The second-order valence-electron chi connectivity index (χ2n) is 6.65. The summed E-state index contributed by atoms with van der Waals surface area (Å²) in [6, 6.07) is 8.95. The Bertz CT molecular complexity index is 1010. The summed E-state index contributed by atoms with van der Waals surface area (Å²) in [4.78, 5) is 15.2. The number of amidine groups is 1. The quantitative estimate of drug-likeness (QED) is 0.825. The Kier molecular flexibility index (Phi) is 3.76. The molecule has 0 bridgehead atoms. The van der Waals surface area contributed by atoms with Crippen molar-refractivity contribution in [3.63, 3.8) is 0 Å². The van der Waals surface area contributed by atoms with Gasteiger partial charge >= 0.3 is 0 Å². The molecule has 1 fully saturated rings. The summed E-state index contributed by atoms with van der Waals surface area (Å²) in [7, 11) is -3.22. The number of nitrogens with one attached hydrogen (secondary N) is 2. The monoisotopic (exact) mass is 358 g/mol. The molecule has 1 aliphatic carbocycles. The van der Waals surface area contributed by atoms with Gasteiger partial charge in [-0.3, -0.25) is 4.79 Å². The molecule has 1 aromatic heterocycles. The maximum Gasteiger partial charge on any atom is 0.297 e. The van der Waals surface area contributed by atoms with Gasteiger partial charge in [-0.1, -0.05) is 0 Å². The molecule has 130 valence electrons. The van der Waals surface area contributed by atoms with Crippen LogP contribution in [0.25, 0.3) is 0 Å². The predicted molar refractivity (Wildman–Crippen MR) is 96.5 cm³/mol.